The maximum Gasteiger partial charge on any atom is 0.470 e. The second-order valence-corrected chi connectivity index (χ2v) is 21.2. The molecule has 13 nitrogen and oxygen atoms in total. The lowest BCUT2D eigenvalue weighted by Gasteiger charge is -2.63. The Hall–Kier alpha value is -2.59. The third-order valence-corrected chi connectivity index (χ3v) is 18.3. The number of fused-ring (bicyclic) bond motifs is 10. The average Bonchev–Trinajstić information content (AvgIpc) is 3.51. The average molecular weight is 865 g/mol. The van der Waals surface area contributed by atoms with Gasteiger partial charge in [0.05, 0.1) is 12.2 Å². The highest BCUT2D eigenvalue weighted by atomic mass is 31.2. The van der Waals surface area contributed by atoms with Crippen LogP contribution in [0.2, 0.25) is 0 Å². The molecule has 6 fully saturated rings. The van der Waals surface area contributed by atoms with E-state index in [1.807, 2.05) is 0 Å². The summed E-state index contributed by atoms with van der Waals surface area (Å²) in [4.78, 5) is 68.6. The van der Waals surface area contributed by atoms with Crippen molar-refractivity contribution in [3.8, 4) is 0 Å². The summed E-state index contributed by atoms with van der Waals surface area (Å²) in [6.45, 7) is 8.35. The number of alkyl halides is 2. The predicted molar refractivity (Wildman–Crippen MR) is 211 cm³/mol. The Kier molecular flexibility index (Phi) is 10.8. The third-order valence-electron chi connectivity index (χ3n) is 17.8. The molecule has 8 rings (SSSR count). The molecule has 0 aromatic heterocycles. The lowest BCUT2D eigenvalue weighted by molar-refractivity contribution is -0.219. The van der Waals surface area contributed by atoms with Gasteiger partial charge in [0.1, 0.15) is 24.4 Å². The quantitative estimate of drug-likeness (QED) is 0.188. The van der Waals surface area contributed by atoms with Gasteiger partial charge in [-0.3, -0.25) is 23.7 Å². The zero-order valence-corrected chi connectivity index (χ0v) is 35.8. The summed E-state index contributed by atoms with van der Waals surface area (Å²) in [7, 11) is -5.17. The Morgan fingerprint density at radius 3 is 1.58 bits per heavy atom. The van der Waals surface area contributed by atoms with E-state index >= 15 is 8.78 Å². The van der Waals surface area contributed by atoms with E-state index in [0.29, 0.717) is 43.3 Å². The Labute approximate surface area is 348 Å². The number of phosphoric acid groups is 1. The number of rotatable bonds is 6. The summed E-state index contributed by atoms with van der Waals surface area (Å²) in [5, 5.41) is 52.9. The molecule has 332 valence electrons. The molecule has 8 aliphatic carbocycles. The Morgan fingerprint density at radius 2 is 1.15 bits per heavy atom. The molecule has 16 atom stereocenters. The van der Waals surface area contributed by atoms with Crippen LogP contribution in [0.25, 0.3) is 0 Å². The van der Waals surface area contributed by atoms with Crippen LogP contribution in [0.15, 0.2) is 47.6 Å². The van der Waals surface area contributed by atoms with Crippen LogP contribution in [0.4, 0.5) is 8.78 Å². The van der Waals surface area contributed by atoms with Crippen molar-refractivity contribution in [2.75, 3.05) is 13.2 Å². The molecule has 0 amide bonds. The van der Waals surface area contributed by atoms with Gasteiger partial charge in [-0.2, -0.15) is 0 Å². The Bertz CT molecular complexity index is 2060. The molecule has 0 spiro atoms. The fourth-order valence-corrected chi connectivity index (χ4v) is 15.8. The first-order chi connectivity index (χ1) is 27.6. The minimum atomic E-state index is -5.17. The van der Waals surface area contributed by atoms with E-state index in [9.17, 15) is 59.1 Å². The standard InChI is InChI=1S/C22H30FO8P.C22H29FO5/c1-12-8-16-15-5-4-13-9-14(25)6-7-19(13,2)21(15,23)17(26)10-20(16,3)22(12,18(27)11-24)31-32(28,29)30;1-12-8-16-15-5-4-13-9-14(25)6-7-19(13,2)21(15,23)17(26)10-20(16,3)22(12,28)18(27)11-24/h6-7,9,12,15-17,24,26H,4-5,8,10-11H2,1-3H3,(H2,28,29,30);6-7,9,12,15-17,24,26,28H,4-5,8,10-11H2,1-3H3/t12-,15?,16?,17+,19+,20+,21+,22+;12-,15+,16+,17+,19+,20+,21+,22+/m11/s1. The van der Waals surface area contributed by atoms with E-state index < -0.39 is 119 Å². The van der Waals surface area contributed by atoms with Crippen LogP contribution in [-0.2, 0) is 28.3 Å². The van der Waals surface area contributed by atoms with Crippen LogP contribution in [-0.4, -0.2) is 106 Å². The van der Waals surface area contributed by atoms with Crippen molar-refractivity contribution < 1.29 is 72.4 Å². The monoisotopic (exact) mass is 864 g/mol. The van der Waals surface area contributed by atoms with Gasteiger partial charge in [0, 0.05) is 33.5 Å². The SMILES string of the molecule is C[C@@H]1CC2C3CCC4=CC(=O)C=C[C@]4(C)[C@@]3(F)[C@@H](O)C[C@]2(C)[C@@]1(OP(=O)(O)O)C(=O)CO.C[C@@H]1C[C@H]2[C@@H]3CCC4=CC(=O)C=C[C@]4(C)[C@@]3(F)[C@@H](O)C[C@]2(C)[C@@]1(O)C(=O)CO. The number of hydrogen-bond donors (Lipinski definition) is 7. The molecule has 0 radical (unpaired) electrons. The predicted octanol–water partition coefficient (Wildman–Crippen LogP) is 3.91. The second-order valence-electron chi connectivity index (χ2n) is 20.0. The highest BCUT2D eigenvalue weighted by Crippen LogP contribution is 2.74. The number of phosphoric ester groups is 1. The molecule has 0 heterocycles. The molecule has 8 aliphatic rings. The molecular formula is C44H59F2O13P. The van der Waals surface area contributed by atoms with Crippen molar-refractivity contribution in [1.82, 2.24) is 0 Å². The van der Waals surface area contributed by atoms with Gasteiger partial charge in [-0.1, -0.05) is 51.0 Å². The van der Waals surface area contributed by atoms with Gasteiger partial charge in [0.25, 0.3) is 0 Å². The second kappa shape index (κ2) is 14.2. The molecular weight excluding hydrogens is 805 g/mol. The topological polar surface area (TPSA) is 236 Å². The molecule has 60 heavy (non-hydrogen) atoms. The van der Waals surface area contributed by atoms with Crippen LogP contribution >= 0.6 is 7.82 Å². The fraction of sp³-hybridized carbons (Fsp3) is 0.727. The first kappa shape index (κ1) is 45.4. The van der Waals surface area contributed by atoms with Crippen LogP contribution < -0.4 is 0 Å². The summed E-state index contributed by atoms with van der Waals surface area (Å²) in [5.74, 6) is -5.25. The number of aliphatic hydroxyl groups is 5. The van der Waals surface area contributed by atoms with Gasteiger partial charge in [0.2, 0.25) is 0 Å². The zero-order chi connectivity index (χ0) is 44.6. The number of Topliss-reactive ketones (excluding diaryl/α,β-unsaturated/α-hetero) is 2. The van der Waals surface area contributed by atoms with Crippen molar-refractivity contribution in [1.29, 1.82) is 0 Å². The number of allylic oxidation sites excluding steroid dienone is 8. The third kappa shape index (κ3) is 5.58. The van der Waals surface area contributed by atoms with Crippen LogP contribution in [0.1, 0.15) is 92.9 Å². The van der Waals surface area contributed by atoms with Gasteiger partial charge in [-0.05, 0) is 113 Å². The summed E-state index contributed by atoms with van der Waals surface area (Å²) < 4.78 is 51.1. The molecule has 7 N–H and O–H groups in total. The van der Waals surface area contributed by atoms with Gasteiger partial charge in [-0.25, -0.2) is 13.3 Å². The van der Waals surface area contributed by atoms with Gasteiger partial charge < -0.3 is 35.3 Å². The lowest BCUT2D eigenvalue weighted by atomic mass is 9.44. The summed E-state index contributed by atoms with van der Waals surface area (Å²) in [6.07, 6.45) is 7.78. The van der Waals surface area contributed by atoms with Crippen molar-refractivity contribution in [2.45, 2.75) is 128 Å². The van der Waals surface area contributed by atoms with E-state index in [2.05, 4.69) is 0 Å². The van der Waals surface area contributed by atoms with Crippen molar-refractivity contribution >= 4 is 31.0 Å². The van der Waals surface area contributed by atoms with E-state index in [4.69, 9.17) is 4.52 Å². The molecule has 0 saturated heterocycles. The van der Waals surface area contributed by atoms with Gasteiger partial charge >= 0.3 is 7.82 Å². The number of ketones is 4. The number of hydrogen-bond acceptors (Lipinski definition) is 11. The maximum absolute atomic E-state index is 17.1. The van der Waals surface area contributed by atoms with Crippen LogP contribution in [0.3, 0.4) is 0 Å². The number of carbonyl (C=O) groups is 4. The van der Waals surface area contributed by atoms with E-state index in [-0.39, 0.29) is 36.7 Å². The van der Waals surface area contributed by atoms with Crippen molar-refractivity contribution in [3.63, 3.8) is 0 Å². The number of carbonyl (C=O) groups excluding carboxylic acids is 4. The van der Waals surface area contributed by atoms with Crippen LogP contribution in [0, 0.1) is 57.2 Å². The van der Waals surface area contributed by atoms with Crippen LogP contribution in [0.5, 0.6) is 0 Å². The molecule has 0 aliphatic heterocycles. The zero-order valence-electron chi connectivity index (χ0n) is 34.9. The van der Waals surface area contributed by atoms with E-state index in [1.54, 1.807) is 47.6 Å². The molecule has 6 saturated carbocycles. The normalized spacial score (nSPS) is 50.1. The molecule has 0 aromatic carbocycles. The molecule has 0 aromatic rings. The highest BCUT2D eigenvalue weighted by Gasteiger charge is 2.78. The number of aliphatic hydroxyl groups excluding tert-OH is 4. The van der Waals surface area contributed by atoms with E-state index in [1.165, 1.54) is 30.4 Å². The molecule has 16 heteroatoms. The smallest absolute Gasteiger partial charge is 0.390 e. The number of halogens is 2. The van der Waals surface area contributed by atoms with E-state index in [0.717, 1.165) is 0 Å². The minimum Gasteiger partial charge on any atom is -0.390 e. The summed E-state index contributed by atoms with van der Waals surface area (Å²) >= 11 is 0. The maximum atomic E-state index is 17.1. The van der Waals surface area contributed by atoms with Crippen molar-refractivity contribution in [2.24, 2.45) is 57.2 Å². The molecule has 2 unspecified atom stereocenters. The van der Waals surface area contributed by atoms with Crippen molar-refractivity contribution in [3.05, 3.63) is 47.6 Å². The molecule has 0 bridgehead atoms. The Balaban J connectivity index is 0.000000183. The largest absolute Gasteiger partial charge is 0.470 e. The first-order valence-corrected chi connectivity index (χ1v) is 22.6. The Morgan fingerprint density at radius 1 is 0.733 bits per heavy atom. The summed E-state index contributed by atoms with van der Waals surface area (Å²) in [5.41, 5.74) is -11.3. The van der Waals surface area contributed by atoms with Gasteiger partial charge in [-0.15, -0.1) is 0 Å². The van der Waals surface area contributed by atoms with Gasteiger partial charge in [0.15, 0.2) is 34.5 Å². The lowest BCUT2D eigenvalue weighted by Crippen LogP contribution is -2.69. The first-order valence-electron chi connectivity index (χ1n) is 21.0. The highest BCUT2D eigenvalue weighted by molar-refractivity contribution is 7.46. The summed E-state index contributed by atoms with van der Waals surface area (Å²) in [6, 6.07) is 0. The minimum absolute atomic E-state index is 0.0676. The fourth-order valence-electron chi connectivity index (χ4n) is 14.9.